The number of ether oxygens (including phenoxy) is 2. The summed E-state index contributed by atoms with van der Waals surface area (Å²) >= 11 is 0. The maximum atomic E-state index is 13.9. The Bertz CT molecular complexity index is 1210. The van der Waals surface area contributed by atoms with Gasteiger partial charge in [0, 0.05) is 23.2 Å². The van der Waals surface area contributed by atoms with Crippen molar-refractivity contribution in [2.75, 3.05) is 24.7 Å². The Morgan fingerprint density at radius 1 is 1.00 bits per heavy atom. The van der Waals surface area contributed by atoms with Gasteiger partial charge in [-0.3, -0.25) is 4.79 Å². The molecule has 33 heavy (non-hydrogen) atoms. The van der Waals surface area contributed by atoms with Crippen LogP contribution in [0.5, 0.6) is 5.75 Å². The quantitative estimate of drug-likeness (QED) is 0.524. The molecule has 1 amide bonds. The number of carbonyl (C=O) groups is 2. The van der Waals surface area contributed by atoms with Gasteiger partial charge in [0.05, 0.1) is 18.9 Å². The Kier molecular flexibility index (Phi) is 5.19. The average molecular weight is 446 g/mol. The van der Waals surface area contributed by atoms with Crippen molar-refractivity contribution >= 4 is 17.6 Å². The Hall–Kier alpha value is -3.61. The number of rotatable bonds is 6. The van der Waals surface area contributed by atoms with Crippen LogP contribution in [0.1, 0.15) is 58.8 Å². The first-order chi connectivity index (χ1) is 16.0. The minimum atomic E-state index is -0.485. The predicted octanol–water partition coefficient (Wildman–Crippen LogP) is 4.45. The van der Waals surface area contributed by atoms with Gasteiger partial charge in [-0.25, -0.2) is 9.48 Å². The summed E-state index contributed by atoms with van der Waals surface area (Å²) in [7, 11) is 0. The number of fused-ring (bicyclic) bond motifs is 2. The van der Waals surface area contributed by atoms with Gasteiger partial charge in [0.1, 0.15) is 11.4 Å². The molecule has 1 aliphatic heterocycles. The number of amides is 1. The third-order valence-corrected chi connectivity index (χ3v) is 6.38. The van der Waals surface area contributed by atoms with Crippen molar-refractivity contribution < 1.29 is 19.1 Å². The minimum Gasteiger partial charge on any atom is -0.494 e. The highest BCUT2D eigenvalue weighted by molar-refractivity contribution is 6.10. The van der Waals surface area contributed by atoms with Gasteiger partial charge in [0.2, 0.25) is 0 Å². The van der Waals surface area contributed by atoms with E-state index in [0.717, 1.165) is 35.4 Å². The molecule has 1 aromatic heterocycles. The molecule has 0 saturated heterocycles. The van der Waals surface area contributed by atoms with Crippen LogP contribution in [-0.4, -0.2) is 41.4 Å². The number of esters is 1. The van der Waals surface area contributed by atoms with Crippen molar-refractivity contribution in [3.8, 4) is 11.4 Å². The number of carbonyl (C=O) groups excluding carboxylic acids is 2. The molecule has 3 aromatic rings. The molecule has 0 atom stereocenters. The van der Waals surface area contributed by atoms with E-state index in [1.807, 2.05) is 67.3 Å². The molecule has 1 aliphatic carbocycles. The van der Waals surface area contributed by atoms with E-state index in [2.05, 4.69) is 5.10 Å². The third-order valence-electron chi connectivity index (χ3n) is 6.38. The summed E-state index contributed by atoms with van der Waals surface area (Å²) in [5, 5.41) is 4.64. The zero-order chi connectivity index (χ0) is 23.2. The van der Waals surface area contributed by atoms with Gasteiger partial charge in [-0.2, -0.15) is 5.10 Å². The third kappa shape index (κ3) is 3.57. The lowest BCUT2D eigenvalue weighted by Crippen LogP contribution is -2.44. The van der Waals surface area contributed by atoms with Crippen LogP contribution in [0.15, 0.2) is 48.5 Å². The van der Waals surface area contributed by atoms with Crippen LogP contribution in [0.3, 0.4) is 0 Å². The van der Waals surface area contributed by atoms with Gasteiger partial charge in [0.15, 0.2) is 5.69 Å². The maximum absolute atomic E-state index is 13.9. The fourth-order valence-corrected chi connectivity index (χ4v) is 4.57. The van der Waals surface area contributed by atoms with Crippen LogP contribution in [0.2, 0.25) is 0 Å². The molecular formula is C26H27N3O4. The van der Waals surface area contributed by atoms with E-state index < -0.39 is 5.97 Å². The molecule has 5 rings (SSSR count). The van der Waals surface area contributed by atoms with Crippen molar-refractivity contribution in [1.82, 2.24) is 9.78 Å². The fourth-order valence-electron chi connectivity index (χ4n) is 4.57. The van der Waals surface area contributed by atoms with Crippen molar-refractivity contribution in [2.24, 2.45) is 0 Å². The molecule has 0 unspecified atom stereocenters. The van der Waals surface area contributed by atoms with Gasteiger partial charge in [-0.05, 0) is 70.0 Å². The first-order valence-corrected chi connectivity index (χ1v) is 11.4. The maximum Gasteiger partial charge on any atom is 0.359 e. The molecule has 7 nitrogen and oxygen atoms in total. The van der Waals surface area contributed by atoms with Gasteiger partial charge in [-0.15, -0.1) is 0 Å². The molecule has 2 heterocycles. The molecule has 170 valence electrons. The highest BCUT2D eigenvalue weighted by atomic mass is 16.5. The van der Waals surface area contributed by atoms with E-state index in [9.17, 15) is 9.59 Å². The molecule has 2 aromatic carbocycles. The van der Waals surface area contributed by atoms with Gasteiger partial charge in [0.25, 0.3) is 5.91 Å². The van der Waals surface area contributed by atoms with Crippen LogP contribution in [0, 0.1) is 6.92 Å². The molecule has 2 aliphatic rings. The summed E-state index contributed by atoms with van der Waals surface area (Å²) in [6.07, 6.45) is 1.80. The standard InChI is InChI=1S/C26H27N3O4/c1-4-32-20-12-10-19(11-13-20)29-23-21(22(27-29)25(31)33-5-2)26(14-15-26)16-28(24(23)30)18-8-6-17(3)7-9-18/h6-13H,4-5,14-16H2,1-3H3. The Morgan fingerprint density at radius 2 is 1.67 bits per heavy atom. The number of aryl methyl sites for hydroxylation is 1. The normalized spacial score (nSPS) is 16.0. The summed E-state index contributed by atoms with van der Waals surface area (Å²) in [4.78, 5) is 28.5. The summed E-state index contributed by atoms with van der Waals surface area (Å²) in [5.74, 6) is 0.0868. The van der Waals surface area contributed by atoms with Crippen molar-refractivity contribution in [2.45, 2.75) is 39.0 Å². The average Bonchev–Trinajstić information content (AvgIpc) is 3.46. The first kappa shape index (κ1) is 21.2. The van der Waals surface area contributed by atoms with Crippen LogP contribution in [-0.2, 0) is 10.2 Å². The van der Waals surface area contributed by atoms with Crippen molar-refractivity contribution in [1.29, 1.82) is 0 Å². The van der Waals surface area contributed by atoms with Crippen LogP contribution in [0.4, 0.5) is 5.69 Å². The second-order valence-corrected chi connectivity index (χ2v) is 8.64. The van der Waals surface area contributed by atoms with Crippen LogP contribution >= 0.6 is 0 Å². The summed E-state index contributed by atoms with van der Waals surface area (Å²) in [6, 6.07) is 15.3. The molecule has 0 N–H and O–H groups in total. The predicted molar refractivity (Wildman–Crippen MR) is 124 cm³/mol. The summed E-state index contributed by atoms with van der Waals surface area (Å²) < 4.78 is 12.5. The Balaban J connectivity index is 1.67. The lowest BCUT2D eigenvalue weighted by Gasteiger charge is -2.33. The summed E-state index contributed by atoms with van der Waals surface area (Å²) in [5.41, 5.74) is 3.80. The fraction of sp³-hybridized carbons (Fsp3) is 0.346. The largest absolute Gasteiger partial charge is 0.494 e. The second kappa shape index (κ2) is 8.06. The van der Waals surface area contributed by atoms with E-state index in [1.54, 1.807) is 11.6 Å². The number of hydrogen-bond donors (Lipinski definition) is 0. The minimum absolute atomic E-state index is 0.164. The monoisotopic (exact) mass is 445 g/mol. The molecular weight excluding hydrogens is 418 g/mol. The number of benzene rings is 2. The molecule has 7 heteroatoms. The SMILES string of the molecule is CCOC(=O)c1nn(-c2ccc(OCC)cc2)c2c1C1(CC1)CN(c1ccc(C)cc1)C2=O. The zero-order valence-electron chi connectivity index (χ0n) is 19.1. The topological polar surface area (TPSA) is 73.7 Å². The van der Waals surface area contributed by atoms with Crippen LogP contribution in [0.25, 0.3) is 5.69 Å². The molecule has 1 saturated carbocycles. The first-order valence-electron chi connectivity index (χ1n) is 11.4. The second-order valence-electron chi connectivity index (χ2n) is 8.64. The highest BCUT2D eigenvalue weighted by Crippen LogP contribution is 2.54. The lowest BCUT2D eigenvalue weighted by molar-refractivity contribution is 0.0516. The molecule has 0 bridgehead atoms. The van der Waals surface area contributed by atoms with Gasteiger partial charge >= 0.3 is 5.97 Å². The summed E-state index contributed by atoms with van der Waals surface area (Å²) in [6.45, 7) is 7.07. The van der Waals surface area contributed by atoms with Gasteiger partial charge in [-0.1, -0.05) is 17.7 Å². The van der Waals surface area contributed by atoms with E-state index >= 15 is 0 Å². The molecule has 1 fully saturated rings. The van der Waals surface area contributed by atoms with E-state index in [4.69, 9.17) is 9.47 Å². The molecule has 1 spiro atoms. The molecule has 0 radical (unpaired) electrons. The van der Waals surface area contributed by atoms with E-state index in [-0.39, 0.29) is 23.6 Å². The smallest absolute Gasteiger partial charge is 0.359 e. The Labute approximate surface area is 192 Å². The highest BCUT2D eigenvalue weighted by Gasteiger charge is 2.56. The van der Waals surface area contributed by atoms with Gasteiger partial charge < -0.3 is 14.4 Å². The van der Waals surface area contributed by atoms with Crippen LogP contribution < -0.4 is 9.64 Å². The van der Waals surface area contributed by atoms with Crippen molar-refractivity contribution in [3.05, 3.63) is 71.0 Å². The number of nitrogens with zero attached hydrogens (tertiary/aromatic N) is 3. The Morgan fingerprint density at radius 3 is 2.27 bits per heavy atom. The number of anilines is 1. The van der Waals surface area contributed by atoms with E-state index in [1.165, 1.54) is 0 Å². The zero-order valence-corrected chi connectivity index (χ0v) is 19.1. The lowest BCUT2D eigenvalue weighted by atomic mass is 9.88. The number of aromatic nitrogens is 2. The van der Waals surface area contributed by atoms with Crippen molar-refractivity contribution in [3.63, 3.8) is 0 Å². The number of hydrogen-bond acceptors (Lipinski definition) is 5. The van der Waals surface area contributed by atoms with E-state index in [0.29, 0.717) is 24.5 Å².